The molecule has 1 aliphatic heterocycles. The largest absolute Gasteiger partial charge is 0.379 e. The summed E-state index contributed by atoms with van der Waals surface area (Å²) in [6.07, 6.45) is 2.49. The Balaban J connectivity index is 1.85. The van der Waals surface area contributed by atoms with Crippen molar-refractivity contribution in [2.45, 2.75) is 31.4 Å². The maximum absolute atomic E-state index is 10.9. The molecule has 0 N–H and O–H groups in total. The molecule has 0 aromatic rings. The number of rotatable bonds is 6. The third kappa shape index (κ3) is 3.59. The fourth-order valence-corrected chi connectivity index (χ4v) is 2.04. The lowest BCUT2D eigenvalue weighted by Crippen LogP contribution is -2.30. The minimum absolute atomic E-state index is 0.389. The number of carbonyl (C=O) groups is 1. The third-order valence-corrected chi connectivity index (χ3v) is 3.22. The van der Waals surface area contributed by atoms with Gasteiger partial charge < -0.3 is 4.74 Å². The van der Waals surface area contributed by atoms with E-state index in [4.69, 9.17) is 4.74 Å². The predicted molar refractivity (Wildman–Crippen MR) is 51.6 cm³/mol. The van der Waals surface area contributed by atoms with Crippen LogP contribution >= 0.6 is 11.8 Å². The summed E-state index contributed by atoms with van der Waals surface area (Å²) in [4.78, 5) is 10.9. The van der Waals surface area contributed by atoms with Crippen molar-refractivity contribution in [3.8, 4) is 0 Å². The Bertz CT molecular complexity index is 143. The van der Waals surface area contributed by atoms with E-state index >= 15 is 0 Å². The van der Waals surface area contributed by atoms with Gasteiger partial charge in [0.1, 0.15) is 5.78 Å². The molecule has 1 heterocycles. The monoisotopic (exact) mass is 188 g/mol. The van der Waals surface area contributed by atoms with E-state index in [0.717, 1.165) is 31.8 Å². The van der Waals surface area contributed by atoms with Gasteiger partial charge in [-0.2, -0.15) is 11.8 Å². The van der Waals surface area contributed by atoms with Gasteiger partial charge in [0.2, 0.25) is 0 Å². The fraction of sp³-hybridized carbons (Fsp3) is 0.889. The van der Waals surface area contributed by atoms with E-state index < -0.39 is 0 Å². The number of carbonyl (C=O) groups excluding carboxylic acids is 1. The smallest absolute Gasteiger partial charge is 0.132 e. The minimum atomic E-state index is 0.389. The van der Waals surface area contributed by atoms with E-state index in [1.54, 1.807) is 0 Å². The molecule has 0 aliphatic carbocycles. The molecule has 0 bridgehead atoms. The summed E-state index contributed by atoms with van der Waals surface area (Å²) in [5, 5.41) is 0.710. The molecular weight excluding hydrogens is 172 g/mol. The van der Waals surface area contributed by atoms with Crippen molar-refractivity contribution < 1.29 is 9.53 Å². The first-order valence-electron chi connectivity index (χ1n) is 4.54. The average molecular weight is 188 g/mol. The van der Waals surface area contributed by atoms with Gasteiger partial charge in [0.15, 0.2) is 0 Å². The Labute approximate surface area is 78.1 Å². The zero-order valence-electron chi connectivity index (χ0n) is 7.54. The van der Waals surface area contributed by atoms with Gasteiger partial charge in [-0.25, -0.2) is 0 Å². The van der Waals surface area contributed by atoms with Crippen LogP contribution in [0.2, 0.25) is 0 Å². The van der Waals surface area contributed by atoms with E-state index in [2.05, 4.69) is 0 Å². The predicted octanol–water partition coefficient (Wildman–Crippen LogP) is 1.88. The molecule has 0 atom stereocenters. The lowest BCUT2D eigenvalue weighted by atomic mass is 10.2. The molecule has 0 saturated carbocycles. The SMILES string of the molecule is CCC(=O)CCCSC1COC1. The first kappa shape index (κ1) is 10.1. The number of hydrogen-bond donors (Lipinski definition) is 0. The van der Waals surface area contributed by atoms with Crippen LogP contribution < -0.4 is 0 Å². The summed E-state index contributed by atoms with van der Waals surface area (Å²) in [6, 6.07) is 0. The molecule has 1 aliphatic rings. The second-order valence-electron chi connectivity index (χ2n) is 3.03. The Morgan fingerprint density at radius 3 is 2.83 bits per heavy atom. The number of ether oxygens (including phenoxy) is 1. The molecular formula is C9H16O2S. The van der Waals surface area contributed by atoms with Crippen LogP contribution in [0.1, 0.15) is 26.2 Å². The normalized spacial score (nSPS) is 17.4. The zero-order chi connectivity index (χ0) is 8.81. The molecule has 1 saturated heterocycles. The van der Waals surface area contributed by atoms with Gasteiger partial charge in [0.25, 0.3) is 0 Å². The van der Waals surface area contributed by atoms with Gasteiger partial charge in [-0.1, -0.05) is 6.92 Å². The van der Waals surface area contributed by atoms with Gasteiger partial charge in [0.05, 0.1) is 18.5 Å². The molecule has 0 aromatic carbocycles. The van der Waals surface area contributed by atoms with Crippen molar-refractivity contribution >= 4 is 17.5 Å². The van der Waals surface area contributed by atoms with Crippen molar-refractivity contribution in [1.29, 1.82) is 0 Å². The minimum Gasteiger partial charge on any atom is -0.379 e. The van der Waals surface area contributed by atoms with Crippen molar-refractivity contribution in [3.63, 3.8) is 0 Å². The topological polar surface area (TPSA) is 26.3 Å². The van der Waals surface area contributed by atoms with Crippen LogP contribution in [0.15, 0.2) is 0 Å². The summed E-state index contributed by atoms with van der Waals surface area (Å²) in [5.41, 5.74) is 0. The van der Waals surface area contributed by atoms with Crippen molar-refractivity contribution in [3.05, 3.63) is 0 Å². The second-order valence-corrected chi connectivity index (χ2v) is 4.43. The van der Waals surface area contributed by atoms with Crippen LogP contribution in [0.3, 0.4) is 0 Å². The Hall–Kier alpha value is -0.0200. The summed E-state index contributed by atoms with van der Waals surface area (Å²) in [7, 11) is 0. The number of thioether (sulfide) groups is 1. The summed E-state index contributed by atoms with van der Waals surface area (Å²) >= 11 is 1.94. The lowest BCUT2D eigenvalue weighted by molar-refractivity contribution is -0.118. The highest BCUT2D eigenvalue weighted by Gasteiger charge is 2.17. The van der Waals surface area contributed by atoms with Gasteiger partial charge in [-0.3, -0.25) is 4.79 Å². The standard InChI is InChI=1S/C9H16O2S/c1-2-8(10)4-3-5-12-9-6-11-7-9/h9H,2-7H2,1H3. The molecule has 0 radical (unpaired) electrons. The average Bonchev–Trinajstić information content (AvgIpc) is 2.00. The molecule has 1 fully saturated rings. The van der Waals surface area contributed by atoms with E-state index in [-0.39, 0.29) is 0 Å². The van der Waals surface area contributed by atoms with Gasteiger partial charge >= 0.3 is 0 Å². The Morgan fingerprint density at radius 1 is 1.58 bits per heavy atom. The van der Waals surface area contributed by atoms with Crippen molar-refractivity contribution in [2.75, 3.05) is 19.0 Å². The Kier molecular flexibility index (Phi) is 4.69. The Morgan fingerprint density at radius 2 is 2.33 bits per heavy atom. The van der Waals surface area contributed by atoms with Crippen molar-refractivity contribution in [2.24, 2.45) is 0 Å². The van der Waals surface area contributed by atoms with Gasteiger partial charge in [0, 0.05) is 12.8 Å². The van der Waals surface area contributed by atoms with E-state index in [1.807, 2.05) is 18.7 Å². The van der Waals surface area contributed by atoms with Crippen LogP contribution in [0.4, 0.5) is 0 Å². The zero-order valence-corrected chi connectivity index (χ0v) is 8.36. The number of hydrogen-bond acceptors (Lipinski definition) is 3. The van der Waals surface area contributed by atoms with E-state index in [1.165, 1.54) is 0 Å². The van der Waals surface area contributed by atoms with Crippen molar-refractivity contribution in [1.82, 2.24) is 0 Å². The highest BCUT2D eigenvalue weighted by molar-refractivity contribution is 8.00. The first-order chi connectivity index (χ1) is 5.83. The molecule has 70 valence electrons. The highest BCUT2D eigenvalue weighted by atomic mass is 32.2. The number of Topliss-reactive ketones (excluding diaryl/α,β-unsaturated/α-hetero) is 1. The highest BCUT2D eigenvalue weighted by Crippen LogP contribution is 2.20. The molecule has 0 amide bonds. The van der Waals surface area contributed by atoms with E-state index in [0.29, 0.717) is 17.5 Å². The van der Waals surface area contributed by atoms with Crippen LogP contribution in [-0.4, -0.2) is 30.0 Å². The maximum atomic E-state index is 10.9. The summed E-state index contributed by atoms with van der Waals surface area (Å²) in [5.74, 6) is 1.50. The van der Waals surface area contributed by atoms with Gasteiger partial charge in [-0.15, -0.1) is 0 Å². The van der Waals surface area contributed by atoms with Crippen LogP contribution in [0.25, 0.3) is 0 Å². The van der Waals surface area contributed by atoms with Crippen LogP contribution in [0, 0.1) is 0 Å². The molecule has 12 heavy (non-hydrogen) atoms. The molecule has 2 nitrogen and oxygen atoms in total. The quantitative estimate of drug-likeness (QED) is 0.595. The summed E-state index contributed by atoms with van der Waals surface area (Å²) in [6.45, 7) is 3.74. The van der Waals surface area contributed by atoms with Crippen LogP contribution in [-0.2, 0) is 9.53 Å². The molecule has 3 heteroatoms. The van der Waals surface area contributed by atoms with Crippen LogP contribution in [0.5, 0.6) is 0 Å². The number of ketones is 1. The molecule has 0 unspecified atom stereocenters. The summed E-state index contributed by atoms with van der Waals surface area (Å²) < 4.78 is 5.05. The van der Waals surface area contributed by atoms with Gasteiger partial charge in [-0.05, 0) is 12.2 Å². The second kappa shape index (κ2) is 5.60. The first-order valence-corrected chi connectivity index (χ1v) is 5.59. The van der Waals surface area contributed by atoms with E-state index in [9.17, 15) is 4.79 Å². The lowest BCUT2D eigenvalue weighted by Gasteiger charge is -2.25. The molecule has 0 spiro atoms. The maximum Gasteiger partial charge on any atom is 0.132 e. The molecule has 1 rings (SSSR count). The molecule has 0 aromatic heterocycles. The third-order valence-electron chi connectivity index (χ3n) is 1.96. The fourth-order valence-electron chi connectivity index (χ4n) is 1.01.